The first-order valence-corrected chi connectivity index (χ1v) is 5.30. The van der Waals surface area contributed by atoms with Crippen molar-refractivity contribution in [2.75, 3.05) is 0 Å². The molecule has 78 valence electrons. The molecule has 0 unspecified atom stereocenters. The van der Waals surface area contributed by atoms with Gasteiger partial charge in [-0.1, -0.05) is 32.6 Å². The molecule has 0 bridgehead atoms. The molecule has 2 heteroatoms. The van der Waals surface area contributed by atoms with E-state index in [1.165, 1.54) is 12.8 Å². The third-order valence-corrected chi connectivity index (χ3v) is 2.79. The average molecular weight is 194 g/mol. The highest BCUT2D eigenvalue weighted by molar-refractivity contribution is 5.86. The summed E-state index contributed by atoms with van der Waals surface area (Å²) in [7, 11) is 0. The highest BCUT2D eigenvalue weighted by atomic mass is 16.4. The molecule has 1 saturated carbocycles. The van der Waals surface area contributed by atoms with Gasteiger partial charge in [-0.2, -0.15) is 0 Å². The fourth-order valence-electron chi connectivity index (χ4n) is 2.40. The summed E-state index contributed by atoms with van der Waals surface area (Å²) in [4.78, 5) is 10.4. The Labute approximate surface area is 85.7 Å². The van der Waals surface area contributed by atoms with Gasteiger partial charge in [0.1, 0.15) is 0 Å². The third-order valence-electron chi connectivity index (χ3n) is 2.79. The van der Waals surface area contributed by atoms with Crippen molar-refractivity contribution in [2.45, 2.75) is 46.0 Å². The van der Waals surface area contributed by atoms with Gasteiger partial charge in [-0.05, 0) is 25.2 Å². The second kappa shape index (κ2) is 4.50. The maximum Gasteiger partial charge on any atom is 0.381 e. The van der Waals surface area contributed by atoms with E-state index < -0.39 is 5.97 Å². The fraction of sp³-hybridized carbons (Fsp3) is 0.750. The lowest BCUT2D eigenvalue weighted by molar-refractivity contribution is -0.130. The van der Waals surface area contributed by atoms with Crippen molar-refractivity contribution in [1.29, 1.82) is 0 Å². The molecule has 14 heavy (non-hydrogen) atoms. The highest BCUT2D eigenvalue weighted by Crippen LogP contribution is 2.42. The highest BCUT2D eigenvalue weighted by Gasteiger charge is 2.32. The molecular formula is C12H18O2. The van der Waals surface area contributed by atoms with Gasteiger partial charge in [0, 0.05) is 11.3 Å². The molecule has 0 atom stereocenters. The first-order chi connectivity index (χ1) is 6.54. The Morgan fingerprint density at radius 1 is 1.43 bits per heavy atom. The van der Waals surface area contributed by atoms with Crippen LogP contribution < -0.4 is 0 Å². The SMILES string of the molecule is CC(C)CC1(C#CC(=O)O)CCCC1. The normalized spacial score (nSPS) is 19.1. The Morgan fingerprint density at radius 2 is 2.00 bits per heavy atom. The Balaban J connectivity index is 2.73. The standard InChI is InChI=1S/C12H18O2/c1-10(2)9-12(6-3-4-7-12)8-5-11(13)14/h10H,3-4,6-7,9H2,1-2H3,(H,13,14). The topological polar surface area (TPSA) is 37.3 Å². The third kappa shape index (κ3) is 3.06. The molecular weight excluding hydrogens is 176 g/mol. The van der Waals surface area contributed by atoms with Crippen LogP contribution in [-0.4, -0.2) is 11.1 Å². The van der Waals surface area contributed by atoms with E-state index in [0.29, 0.717) is 5.92 Å². The van der Waals surface area contributed by atoms with Crippen LogP contribution in [-0.2, 0) is 4.79 Å². The number of hydrogen-bond donors (Lipinski definition) is 1. The summed E-state index contributed by atoms with van der Waals surface area (Å²) in [6, 6.07) is 0. The van der Waals surface area contributed by atoms with Gasteiger partial charge in [0.2, 0.25) is 0 Å². The zero-order chi connectivity index (χ0) is 10.6. The van der Waals surface area contributed by atoms with Gasteiger partial charge in [0.15, 0.2) is 0 Å². The van der Waals surface area contributed by atoms with Crippen LogP contribution >= 0.6 is 0 Å². The lowest BCUT2D eigenvalue weighted by atomic mass is 9.79. The van der Waals surface area contributed by atoms with Gasteiger partial charge in [-0.15, -0.1) is 0 Å². The minimum Gasteiger partial charge on any atom is -0.472 e. The second-order valence-electron chi connectivity index (χ2n) is 4.64. The predicted molar refractivity (Wildman–Crippen MR) is 55.8 cm³/mol. The van der Waals surface area contributed by atoms with Gasteiger partial charge in [-0.3, -0.25) is 0 Å². The molecule has 1 fully saturated rings. The van der Waals surface area contributed by atoms with Crippen LogP contribution in [0.4, 0.5) is 0 Å². The number of hydrogen-bond acceptors (Lipinski definition) is 1. The van der Waals surface area contributed by atoms with Crippen LogP contribution in [0.25, 0.3) is 0 Å². The zero-order valence-corrected chi connectivity index (χ0v) is 8.97. The molecule has 0 radical (unpaired) electrons. The van der Waals surface area contributed by atoms with Gasteiger partial charge in [0.25, 0.3) is 0 Å². The molecule has 1 aliphatic carbocycles. The predicted octanol–water partition coefficient (Wildman–Crippen LogP) is 2.68. The van der Waals surface area contributed by atoms with Crippen LogP contribution in [0.15, 0.2) is 0 Å². The quantitative estimate of drug-likeness (QED) is 0.686. The lowest BCUT2D eigenvalue weighted by Crippen LogP contribution is -2.17. The summed E-state index contributed by atoms with van der Waals surface area (Å²) in [5.74, 6) is 4.87. The molecule has 0 amide bonds. The molecule has 1 aliphatic rings. The van der Waals surface area contributed by atoms with Crippen LogP contribution in [0.5, 0.6) is 0 Å². The molecule has 1 N–H and O–H groups in total. The summed E-state index contributed by atoms with van der Waals surface area (Å²) in [5, 5.41) is 8.55. The maximum atomic E-state index is 10.4. The molecule has 0 aliphatic heterocycles. The fourth-order valence-corrected chi connectivity index (χ4v) is 2.40. The number of carbonyl (C=O) groups is 1. The first kappa shape index (κ1) is 11.1. The minimum absolute atomic E-state index is 0.00650. The monoisotopic (exact) mass is 194 g/mol. The largest absolute Gasteiger partial charge is 0.472 e. The second-order valence-corrected chi connectivity index (χ2v) is 4.64. The van der Waals surface area contributed by atoms with Gasteiger partial charge in [-0.25, -0.2) is 4.79 Å². The summed E-state index contributed by atoms with van der Waals surface area (Å²) >= 11 is 0. The van der Waals surface area contributed by atoms with E-state index in [0.717, 1.165) is 19.3 Å². The molecule has 0 spiro atoms. The molecule has 0 saturated heterocycles. The van der Waals surface area contributed by atoms with Crippen LogP contribution in [0.1, 0.15) is 46.0 Å². The van der Waals surface area contributed by atoms with Gasteiger partial charge < -0.3 is 5.11 Å². The molecule has 0 aromatic rings. The number of rotatable bonds is 2. The van der Waals surface area contributed by atoms with Crippen molar-refractivity contribution >= 4 is 5.97 Å². The van der Waals surface area contributed by atoms with Crippen molar-refractivity contribution in [3.8, 4) is 11.8 Å². The van der Waals surface area contributed by atoms with Crippen molar-refractivity contribution in [2.24, 2.45) is 11.3 Å². The van der Waals surface area contributed by atoms with E-state index in [2.05, 4.69) is 25.7 Å². The van der Waals surface area contributed by atoms with Crippen LogP contribution in [0, 0.1) is 23.2 Å². The van der Waals surface area contributed by atoms with Crippen molar-refractivity contribution in [3.05, 3.63) is 0 Å². The van der Waals surface area contributed by atoms with Crippen molar-refractivity contribution < 1.29 is 9.90 Å². The lowest BCUT2D eigenvalue weighted by Gasteiger charge is -2.24. The Morgan fingerprint density at radius 3 is 2.43 bits per heavy atom. The number of carboxylic acids is 1. The number of carboxylic acid groups (broad SMARTS) is 1. The Hall–Kier alpha value is -0.970. The molecule has 0 aromatic carbocycles. The zero-order valence-electron chi connectivity index (χ0n) is 8.97. The number of aliphatic carboxylic acids is 1. The van der Waals surface area contributed by atoms with E-state index in [-0.39, 0.29) is 5.41 Å². The summed E-state index contributed by atoms with van der Waals surface area (Å²) in [6.07, 6.45) is 5.58. The minimum atomic E-state index is -1.000. The van der Waals surface area contributed by atoms with E-state index in [1.807, 2.05) is 0 Å². The van der Waals surface area contributed by atoms with E-state index in [9.17, 15) is 4.79 Å². The molecule has 2 nitrogen and oxygen atoms in total. The smallest absolute Gasteiger partial charge is 0.381 e. The van der Waals surface area contributed by atoms with Crippen molar-refractivity contribution in [1.82, 2.24) is 0 Å². The molecule has 0 heterocycles. The summed E-state index contributed by atoms with van der Waals surface area (Å²) in [5.41, 5.74) is 0.00650. The first-order valence-electron chi connectivity index (χ1n) is 5.30. The maximum absolute atomic E-state index is 10.4. The average Bonchev–Trinajstić information content (AvgIpc) is 2.49. The Kier molecular flexibility index (Phi) is 3.57. The van der Waals surface area contributed by atoms with E-state index >= 15 is 0 Å². The van der Waals surface area contributed by atoms with Gasteiger partial charge in [0.05, 0.1) is 0 Å². The van der Waals surface area contributed by atoms with Gasteiger partial charge >= 0.3 is 5.97 Å². The summed E-state index contributed by atoms with van der Waals surface area (Å²) in [6.45, 7) is 4.34. The van der Waals surface area contributed by atoms with E-state index in [1.54, 1.807) is 0 Å². The summed E-state index contributed by atoms with van der Waals surface area (Å²) < 4.78 is 0. The Bertz CT molecular complexity index is 262. The molecule has 1 rings (SSSR count). The van der Waals surface area contributed by atoms with Crippen LogP contribution in [0.3, 0.4) is 0 Å². The van der Waals surface area contributed by atoms with E-state index in [4.69, 9.17) is 5.11 Å². The van der Waals surface area contributed by atoms with Crippen LogP contribution in [0.2, 0.25) is 0 Å². The molecule has 0 aromatic heterocycles. The van der Waals surface area contributed by atoms with Crippen molar-refractivity contribution in [3.63, 3.8) is 0 Å².